The molecule has 3 rings (SSSR count). The Balaban J connectivity index is 1.85. The molecule has 0 bridgehead atoms. The van der Waals surface area contributed by atoms with Gasteiger partial charge in [-0.05, 0) is 18.2 Å². The number of allylic oxidation sites excluding steroid dienone is 3. The molecule has 0 saturated carbocycles. The first-order chi connectivity index (χ1) is 12.7. The lowest BCUT2D eigenvalue weighted by molar-refractivity contribution is -0.114. The van der Waals surface area contributed by atoms with E-state index in [1.807, 2.05) is 12.1 Å². The van der Waals surface area contributed by atoms with Crippen molar-refractivity contribution in [1.82, 2.24) is 0 Å². The topological polar surface area (TPSA) is 74.6 Å². The molecule has 0 aromatic heterocycles. The van der Waals surface area contributed by atoms with E-state index in [0.717, 1.165) is 40.0 Å². The van der Waals surface area contributed by atoms with Crippen LogP contribution in [0, 0.1) is 11.3 Å². The van der Waals surface area contributed by atoms with Crippen LogP contribution in [-0.4, -0.2) is 46.3 Å². The van der Waals surface area contributed by atoms with Gasteiger partial charge in [0.1, 0.15) is 6.07 Å². The highest BCUT2D eigenvalue weighted by Gasteiger charge is 2.27. The average molecular weight is 371 g/mol. The first kappa shape index (κ1) is 18.5. The quantitative estimate of drug-likeness (QED) is 0.790. The molecule has 0 fully saturated rings. The number of ether oxygens (including phenoxy) is 2. The van der Waals surface area contributed by atoms with E-state index >= 15 is 0 Å². The number of ketones is 1. The Bertz CT molecular complexity index is 803. The molecule has 1 heterocycles. The van der Waals surface area contributed by atoms with Gasteiger partial charge >= 0.3 is 0 Å². The van der Waals surface area contributed by atoms with Gasteiger partial charge in [-0.1, -0.05) is 11.8 Å². The average Bonchev–Trinajstić information content (AvgIpc) is 2.65. The zero-order valence-electron chi connectivity index (χ0n) is 14.9. The van der Waals surface area contributed by atoms with Gasteiger partial charge < -0.3 is 19.7 Å². The number of methoxy groups -OCH3 is 2. The smallest absolute Gasteiger partial charge is 0.162 e. The van der Waals surface area contributed by atoms with Crippen LogP contribution < -0.4 is 10.2 Å². The van der Waals surface area contributed by atoms with Crippen LogP contribution in [0.15, 0.2) is 45.3 Å². The first-order valence-electron chi connectivity index (χ1n) is 8.36. The molecular formula is C19H21N3O3S. The predicted molar refractivity (Wildman–Crippen MR) is 102 cm³/mol. The van der Waals surface area contributed by atoms with Gasteiger partial charge in [0.25, 0.3) is 0 Å². The van der Waals surface area contributed by atoms with Crippen LogP contribution in [0.5, 0.6) is 0 Å². The fourth-order valence-corrected chi connectivity index (χ4v) is 4.08. The molecule has 1 aromatic rings. The van der Waals surface area contributed by atoms with E-state index in [1.54, 1.807) is 26.0 Å². The summed E-state index contributed by atoms with van der Waals surface area (Å²) >= 11 is 1.56. The van der Waals surface area contributed by atoms with E-state index in [9.17, 15) is 10.1 Å². The minimum atomic E-state index is -0.0315. The molecule has 7 heteroatoms. The molecule has 26 heavy (non-hydrogen) atoms. The molecule has 2 aliphatic rings. The van der Waals surface area contributed by atoms with Crippen molar-refractivity contribution in [2.75, 3.05) is 50.7 Å². The fraction of sp³-hybridized carbons (Fsp3) is 0.368. The van der Waals surface area contributed by atoms with Crippen LogP contribution in [-0.2, 0) is 14.3 Å². The third kappa shape index (κ3) is 3.93. The van der Waals surface area contributed by atoms with Gasteiger partial charge in [-0.15, -0.1) is 0 Å². The van der Waals surface area contributed by atoms with Crippen molar-refractivity contribution < 1.29 is 14.3 Å². The number of fused-ring (bicyclic) bond motifs is 1. The monoisotopic (exact) mass is 371 g/mol. The summed E-state index contributed by atoms with van der Waals surface area (Å²) in [5.41, 5.74) is 3.19. The molecule has 1 aromatic carbocycles. The molecule has 136 valence electrons. The SMILES string of the molecule is COCCN(CCOC)c1ccc2c(c1)SC1=C(N2)C(C#N)=CC(=O)C1. The van der Waals surface area contributed by atoms with Gasteiger partial charge in [0.15, 0.2) is 5.78 Å². The second-order valence-corrected chi connectivity index (χ2v) is 7.13. The summed E-state index contributed by atoms with van der Waals surface area (Å²) in [5.74, 6) is -0.0315. The van der Waals surface area contributed by atoms with Crippen molar-refractivity contribution in [3.05, 3.63) is 40.5 Å². The number of carbonyl (C=O) groups excluding carboxylic acids is 1. The number of nitrogens with one attached hydrogen (secondary N) is 1. The van der Waals surface area contributed by atoms with E-state index in [2.05, 4.69) is 22.4 Å². The second kappa shape index (κ2) is 8.41. The number of nitriles is 1. The summed E-state index contributed by atoms with van der Waals surface area (Å²) < 4.78 is 10.4. The molecule has 0 unspecified atom stereocenters. The van der Waals surface area contributed by atoms with E-state index in [4.69, 9.17) is 9.47 Å². The van der Waals surface area contributed by atoms with Gasteiger partial charge in [-0.3, -0.25) is 4.79 Å². The molecular weight excluding hydrogens is 350 g/mol. The van der Waals surface area contributed by atoms with E-state index in [0.29, 0.717) is 25.2 Å². The lowest BCUT2D eigenvalue weighted by atomic mass is 10.0. The third-order valence-electron chi connectivity index (χ3n) is 4.26. The zero-order valence-corrected chi connectivity index (χ0v) is 15.7. The zero-order chi connectivity index (χ0) is 18.5. The summed E-state index contributed by atoms with van der Waals surface area (Å²) in [6.45, 7) is 2.80. The van der Waals surface area contributed by atoms with Crippen molar-refractivity contribution >= 4 is 28.9 Å². The maximum Gasteiger partial charge on any atom is 0.162 e. The lowest BCUT2D eigenvalue weighted by Crippen LogP contribution is -2.30. The normalized spacial score (nSPS) is 15.6. The van der Waals surface area contributed by atoms with Crippen molar-refractivity contribution in [3.63, 3.8) is 0 Å². The summed E-state index contributed by atoms with van der Waals surface area (Å²) in [6.07, 6.45) is 1.75. The number of thioether (sulfide) groups is 1. The van der Waals surface area contributed by atoms with E-state index in [1.165, 1.54) is 6.08 Å². The molecule has 1 aliphatic carbocycles. The van der Waals surface area contributed by atoms with Crippen LogP contribution in [0.2, 0.25) is 0 Å². The van der Waals surface area contributed by atoms with Crippen LogP contribution >= 0.6 is 11.8 Å². The third-order valence-corrected chi connectivity index (χ3v) is 5.42. The number of rotatable bonds is 7. The van der Waals surface area contributed by atoms with Crippen molar-refractivity contribution in [3.8, 4) is 6.07 Å². The van der Waals surface area contributed by atoms with Gasteiger partial charge in [-0.25, -0.2) is 0 Å². The summed E-state index contributed by atoms with van der Waals surface area (Å²) in [6, 6.07) is 8.28. The standard InChI is InChI=1S/C19H21N3O3S/c1-24-7-5-22(6-8-25-2)14-3-4-16-17(10-14)26-18-11-15(23)9-13(12-20)19(18)21-16/h3-4,9-10,21H,5-8,11H2,1-2H3. The summed E-state index contributed by atoms with van der Waals surface area (Å²) in [4.78, 5) is 16.0. The number of carbonyl (C=O) groups is 1. The molecule has 6 nitrogen and oxygen atoms in total. The second-order valence-electron chi connectivity index (χ2n) is 5.99. The minimum Gasteiger partial charge on any atom is -0.383 e. The Morgan fingerprint density at radius 3 is 2.65 bits per heavy atom. The minimum absolute atomic E-state index is 0.0315. The van der Waals surface area contributed by atoms with Crippen LogP contribution in [0.25, 0.3) is 0 Å². The van der Waals surface area contributed by atoms with Crippen molar-refractivity contribution in [2.24, 2.45) is 0 Å². The lowest BCUT2D eigenvalue weighted by Gasteiger charge is -2.29. The van der Waals surface area contributed by atoms with Crippen molar-refractivity contribution in [1.29, 1.82) is 5.26 Å². The number of hydrogen-bond donors (Lipinski definition) is 1. The maximum absolute atomic E-state index is 11.9. The first-order valence-corrected chi connectivity index (χ1v) is 9.17. The molecule has 1 aliphatic heterocycles. The van der Waals surface area contributed by atoms with E-state index in [-0.39, 0.29) is 5.78 Å². The predicted octanol–water partition coefficient (Wildman–Crippen LogP) is 2.94. The molecule has 0 spiro atoms. The number of benzene rings is 1. The Hall–Kier alpha value is -2.27. The van der Waals surface area contributed by atoms with Gasteiger partial charge in [0.05, 0.1) is 30.2 Å². The highest BCUT2D eigenvalue weighted by atomic mass is 32.2. The van der Waals surface area contributed by atoms with Gasteiger partial charge in [0, 0.05) is 55.3 Å². The summed E-state index contributed by atoms with van der Waals surface area (Å²) in [5, 5.41) is 12.6. The van der Waals surface area contributed by atoms with Crippen LogP contribution in [0.3, 0.4) is 0 Å². The Labute approximate surface area is 157 Å². The maximum atomic E-state index is 11.9. The van der Waals surface area contributed by atoms with Crippen molar-refractivity contribution in [2.45, 2.75) is 11.3 Å². The Morgan fingerprint density at radius 1 is 1.27 bits per heavy atom. The molecule has 0 atom stereocenters. The van der Waals surface area contributed by atoms with Gasteiger partial charge in [0.2, 0.25) is 0 Å². The molecule has 0 saturated heterocycles. The molecule has 1 N–H and O–H groups in total. The number of anilines is 2. The Morgan fingerprint density at radius 2 is 2.00 bits per heavy atom. The van der Waals surface area contributed by atoms with E-state index < -0.39 is 0 Å². The summed E-state index contributed by atoms with van der Waals surface area (Å²) in [7, 11) is 3.38. The largest absolute Gasteiger partial charge is 0.383 e. The Kier molecular flexibility index (Phi) is 5.99. The van der Waals surface area contributed by atoms with Crippen LogP contribution in [0.1, 0.15) is 6.42 Å². The van der Waals surface area contributed by atoms with Gasteiger partial charge in [-0.2, -0.15) is 5.26 Å². The van der Waals surface area contributed by atoms with Crippen LogP contribution in [0.4, 0.5) is 11.4 Å². The molecule has 0 radical (unpaired) electrons. The fourth-order valence-electron chi connectivity index (χ4n) is 2.93. The molecule has 0 amide bonds. The highest BCUT2D eigenvalue weighted by molar-refractivity contribution is 8.03. The highest BCUT2D eigenvalue weighted by Crippen LogP contribution is 2.45. The number of nitrogens with zero attached hydrogens (tertiary/aromatic N) is 2. The number of hydrogen-bond acceptors (Lipinski definition) is 7.